The molecule has 4 nitrogen and oxygen atoms in total. The average molecular weight is 333 g/mol. The Kier molecular flexibility index (Phi) is 4.14. The maximum Gasteiger partial charge on any atom is 0.266 e. The Balaban J connectivity index is 2.71. The molecule has 0 saturated carbocycles. The number of nitrogens with zero attached hydrogens (tertiary/aromatic N) is 2. The van der Waals surface area contributed by atoms with Gasteiger partial charge >= 0.3 is 0 Å². The second-order valence-corrected chi connectivity index (χ2v) is 7.71. The van der Waals surface area contributed by atoms with E-state index in [-0.39, 0.29) is 16.0 Å². The molecule has 0 aliphatic rings. The number of hydrogen-bond donors (Lipinski definition) is 0. The number of aromatic nitrogens is 2. The van der Waals surface area contributed by atoms with Crippen LogP contribution in [0.15, 0.2) is 29.2 Å². The molecule has 0 saturated heterocycles. The molecule has 0 aliphatic heterocycles. The number of halogens is 2. The highest BCUT2D eigenvalue weighted by Crippen LogP contribution is 2.34. The molecule has 1 aromatic heterocycles. The van der Waals surface area contributed by atoms with E-state index in [1.54, 1.807) is 0 Å². The minimum absolute atomic E-state index is 0.00699. The quantitative estimate of drug-likeness (QED) is 0.801. The Morgan fingerprint density at radius 1 is 1.20 bits per heavy atom. The second kappa shape index (κ2) is 5.39. The van der Waals surface area contributed by atoms with Crippen molar-refractivity contribution in [1.29, 1.82) is 0 Å². The van der Waals surface area contributed by atoms with Crippen molar-refractivity contribution in [3.8, 4) is 5.69 Å². The van der Waals surface area contributed by atoms with E-state index in [9.17, 15) is 8.42 Å². The van der Waals surface area contributed by atoms with Crippen LogP contribution in [-0.4, -0.2) is 18.2 Å². The van der Waals surface area contributed by atoms with Crippen LogP contribution in [0.3, 0.4) is 0 Å². The molecule has 0 fully saturated rings. The van der Waals surface area contributed by atoms with Crippen molar-refractivity contribution in [3.63, 3.8) is 0 Å². The number of benzene rings is 1. The normalized spacial score (nSPS) is 12.1. The summed E-state index contributed by atoms with van der Waals surface area (Å²) < 4.78 is 24.8. The minimum Gasteiger partial charge on any atom is -0.220 e. The smallest absolute Gasteiger partial charge is 0.220 e. The summed E-state index contributed by atoms with van der Waals surface area (Å²) in [6.07, 6.45) is 0. The number of hydrogen-bond acceptors (Lipinski definition) is 3. The van der Waals surface area contributed by atoms with Crippen LogP contribution in [0.25, 0.3) is 5.69 Å². The standard InChI is InChI=1S/C13H14Cl2N2O2S/c1-8(2)11-12(20(15,18)19)13(14)17(16-11)10-6-4-9(3)5-7-10/h4-8H,1-3H3. The molecular weight excluding hydrogens is 319 g/mol. The van der Waals surface area contributed by atoms with Gasteiger partial charge in [0.05, 0.1) is 11.4 Å². The molecule has 0 atom stereocenters. The molecule has 0 aliphatic carbocycles. The molecule has 20 heavy (non-hydrogen) atoms. The van der Waals surface area contributed by atoms with Crippen LogP contribution in [0.2, 0.25) is 5.15 Å². The predicted molar refractivity (Wildman–Crippen MR) is 80.4 cm³/mol. The first kappa shape index (κ1) is 15.4. The van der Waals surface area contributed by atoms with Crippen molar-refractivity contribution in [3.05, 3.63) is 40.7 Å². The fraction of sp³-hybridized carbons (Fsp3) is 0.308. The van der Waals surface area contributed by atoms with Gasteiger partial charge in [-0.3, -0.25) is 0 Å². The van der Waals surface area contributed by atoms with Crippen LogP contribution in [-0.2, 0) is 9.05 Å². The molecule has 0 N–H and O–H groups in total. The van der Waals surface area contributed by atoms with Crippen LogP contribution in [0.1, 0.15) is 31.0 Å². The van der Waals surface area contributed by atoms with E-state index in [2.05, 4.69) is 5.10 Å². The van der Waals surface area contributed by atoms with Gasteiger partial charge in [-0.2, -0.15) is 5.10 Å². The highest BCUT2D eigenvalue weighted by Gasteiger charge is 2.28. The third-order valence-corrected chi connectivity index (χ3v) is 4.70. The van der Waals surface area contributed by atoms with Gasteiger partial charge in [0.1, 0.15) is 4.90 Å². The van der Waals surface area contributed by atoms with Gasteiger partial charge < -0.3 is 0 Å². The highest BCUT2D eigenvalue weighted by molar-refractivity contribution is 8.13. The maximum atomic E-state index is 11.7. The molecule has 1 aromatic carbocycles. The SMILES string of the molecule is Cc1ccc(-n2nc(C(C)C)c(S(=O)(=O)Cl)c2Cl)cc1. The van der Waals surface area contributed by atoms with Crippen molar-refractivity contribution in [1.82, 2.24) is 9.78 Å². The zero-order valence-electron chi connectivity index (χ0n) is 11.3. The largest absolute Gasteiger partial charge is 0.266 e. The Labute approximate surface area is 127 Å². The second-order valence-electron chi connectivity index (χ2n) is 4.85. The first-order chi connectivity index (χ1) is 9.21. The van der Waals surface area contributed by atoms with Gasteiger partial charge in [-0.1, -0.05) is 43.1 Å². The van der Waals surface area contributed by atoms with E-state index in [1.165, 1.54) is 4.68 Å². The van der Waals surface area contributed by atoms with E-state index >= 15 is 0 Å². The first-order valence-corrected chi connectivity index (χ1v) is 8.70. The average Bonchev–Trinajstić information content (AvgIpc) is 2.68. The van der Waals surface area contributed by atoms with E-state index in [0.717, 1.165) is 5.56 Å². The van der Waals surface area contributed by atoms with Crippen LogP contribution in [0, 0.1) is 6.92 Å². The van der Waals surface area contributed by atoms with Crippen molar-refractivity contribution < 1.29 is 8.42 Å². The molecule has 0 radical (unpaired) electrons. The lowest BCUT2D eigenvalue weighted by Crippen LogP contribution is -1.98. The first-order valence-electron chi connectivity index (χ1n) is 6.02. The highest BCUT2D eigenvalue weighted by atomic mass is 35.7. The summed E-state index contributed by atoms with van der Waals surface area (Å²) in [6.45, 7) is 5.64. The predicted octanol–water partition coefficient (Wildman–Crippen LogP) is 3.89. The van der Waals surface area contributed by atoms with Crippen molar-refractivity contribution in [2.45, 2.75) is 31.6 Å². The minimum atomic E-state index is -3.95. The van der Waals surface area contributed by atoms with Crippen LogP contribution in [0.4, 0.5) is 0 Å². The maximum absolute atomic E-state index is 11.7. The van der Waals surface area contributed by atoms with Crippen LogP contribution in [0.5, 0.6) is 0 Å². The van der Waals surface area contributed by atoms with Crippen molar-refractivity contribution >= 4 is 31.3 Å². The summed E-state index contributed by atoms with van der Waals surface area (Å²) in [5.74, 6) is -0.109. The van der Waals surface area contributed by atoms with Crippen LogP contribution < -0.4 is 0 Å². The molecule has 2 rings (SSSR count). The topological polar surface area (TPSA) is 52.0 Å². The van der Waals surface area contributed by atoms with Gasteiger partial charge in [0.15, 0.2) is 5.15 Å². The summed E-state index contributed by atoms with van der Waals surface area (Å²) in [7, 11) is 1.53. The Hall–Kier alpha value is -1.04. The van der Waals surface area contributed by atoms with Gasteiger partial charge in [-0.15, -0.1) is 0 Å². The van der Waals surface area contributed by atoms with E-state index in [1.807, 2.05) is 45.0 Å². The Bertz CT molecular complexity index is 734. The molecule has 7 heteroatoms. The molecule has 0 amide bonds. The monoisotopic (exact) mass is 332 g/mol. The fourth-order valence-electron chi connectivity index (χ4n) is 1.86. The third-order valence-electron chi connectivity index (χ3n) is 2.88. The molecule has 1 heterocycles. The fourth-order valence-corrected chi connectivity index (χ4v) is 3.78. The summed E-state index contributed by atoms with van der Waals surface area (Å²) in [6, 6.07) is 7.44. The Morgan fingerprint density at radius 3 is 2.15 bits per heavy atom. The third kappa shape index (κ3) is 2.85. The summed E-state index contributed by atoms with van der Waals surface area (Å²) in [5.41, 5.74) is 2.14. The summed E-state index contributed by atoms with van der Waals surface area (Å²) in [5, 5.41) is 4.30. The van der Waals surface area contributed by atoms with Gasteiger partial charge in [-0.05, 0) is 25.0 Å². The molecular formula is C13H14Cl2N2O2S. The molecule has 0 spiro atoms. The lowest BCUT2D eigenvalue weighted by Gasteiger charge is -2.03. The van der Waals surface area contributed by atoms with Gasteiger partial charge in [0.2, 0.25) is 0 Å². The van der Waals surface area contributed by atoms with E-state index < -0.39 is 9.05 Å². The molecule has 2 aromatic rings. The molecule has 0 unspecified atom stereocenters. The Morgan fingerprint density at radius 2 is 1.75 bits per heavy atom. The number of aryl methyl sites for hydroxylation is 1. The van der Waals surface area contributed by atoms with E-state index in [0.29, 0.717) is 11.4 Å². The van der Waals surface area contributed by atoms with E-state index in [4.69, 9.17) is 22.3 Å². The number of rotatable bonds is 3. The van der Waals surface area contributed by atoms with Gasteiger partial charge in [0, 0.05) is 10.7 Å². The van der Waals surface area contributed by atoms with Gasteiger partial charge in [-0.25, -0.2) is 13.1 Å². The lowest BCUT2D eigenvalue weighted by molar-refractivity contribution is 0.607. The summed E-state index contributed by atoms with van der Waals surface area (Å²) in [4.78, 5) is -0.114. The zero-order valence-corrected chi connectivity index (χ0v) is 13.6. The van der Waals surface area contributed by atoms with Crippen LogP contribution >= 0.6 is 22.3 Å². The summed E-state index contributed by atoms with van der Waals surface area (Å²) >= 11 is 6.17. The van der Waals surface area contributed by atoms with Crippen molar-refractivity contribution in [2.24, 2.45) is 0 Å². The van der Waals surface area contributed by atoms with Crippen molar-refractivity contribution in [2.75, 3.05) is 0 Å². The lowest BCUT2D eigenvalue weighted by atomic mass is 10.1. The molecule has 108 valence electrons. The van der Waals surface area contributed by atoms with Gasteiger partial charge in [0.25, 0.3) is 9.05 Å². The zero-order chi connectivity index (χ0) is 15.1. The molecule has 0 bridgehead atoms.